The minimum Gasteiger partial charge on any atom is -0.379 e. The average molecular weight is 527 g/mol. The molecular formula is C30H34N6O3. The molecule has 2 saturated heterocycles. The normalized spacial score (nSPS) is 15.8. The van der Waals surface area contributed by atoms with Crippen molar-refractivity contribution in [2.24, 2.45) is 0 Å². The summed E-state index contributed by atoms with van der Waals surface area (Å²) in [4.78, 5) is 26.4. The molecule has 2 aliphatic rings. The molecule has 2 aromatic carbocycles. The second-order valence-electron chi connectivity index (χ2n) is 9.56. The van der Waals surface area contributed by atoms with E-state index in [9.17, 15) is 4.79 Å². The summed E-state index contributed by atoms with van der Waals surface area (Å²) in [7, 11) is 0. The summed E-state index contributed by atoms with van der Waals surface area (Å²) in [5.41, 5.74) is 4.93. The first-order valence-electron chi connectivity index (χ1n) is 13.4. The van der Waals surface area contributed by atoms with E-state index in [1.54, 1.807) is 12.4 Å². The van der Waals surface area contributed by atoms with Crippen LogP contribution in [-0.4, -0.2) is 86.5 Å². The maximum absolute atomic E-state index is 13.0. The maximum Gasteiger partial charge on any atom is 0.255 e. The highest BCUT2D eigenvalue weighted by Crippen LogP contribution is 2.20. The number of amides is 1. The number of benzene rings is 2. The Balaban J connectivity index is 1.18. The summed E-state index contributed by atoms with van der Waals surface area (Å²) in [6.07, 6.45) is 3.44. The molecule has 5 rings (SSSR count). The van der Waals surface area contributed by atoms with Crippen LogP contribution in [0.25, 0.3) is 0 Å². The summed E-state index contributed by atoms with van der Waals surface area (Å²) < 4.78 is 10.8. The molecule has 3 heterocycles. The molecule has 0 saturated carbocycles. The molecule has 1 aromatic heterocycles. The van der Waals surface area contributed by atoms with Gasteiger partial charge in [0.1, 0.15) is 0 Å². The lowest BCUT2D eigenvalue weighted by molar-refractivity contribution is 0.0398. The zero-order valence-corrected chi connectivity index (χ0v) is 22.3. The van der Waals surface area contributed by atoms with Gasteiger partial charge in [-0.25, -0.2) is 9.97 Å². The van der Waals surface area contributed by atoms with E-state index in [-0.39, 0.29) is 5.91 Å². The lowest BCUT2D eigenvalue weighted by Crippen LogP contribution is -2.39. The minimum atomic E-state index is -0.155. The van der Waals surface area contributed by atoms with E-state index in [1.807, 2.05) is 49.4 Å². The van der Waals surface area contributed by atoms with Gasteiger partial charge < -0.3 is 25.0 Å². The van der Waals surface area contributed by atoms with Gasteiger partial charge in [0, 0.05) is 74.2 Å². The largest absolute Gasteiger partial charge is 0.379 e. The molecule has 1 amide bonds. The number of hydrogen-bond acceptors (Lipinski definition) is 8. The number of ether oxygens (including phenoxy) is 2. The van der Waals surface area contributed by atoms with Crippen LogP contribution in [0, 0.1) is 18.8 Å². The Kier molecular flexibility index (Phi) is 9.01. The van der Waals surface area contributed by atoms with Crippen molar-refractivity contribution in [3.8, 4) is 11.8 Å². The first-order chi connectivity index (χ1) is 19.1. The number of carbonyl (C=O) groups excluding carboxylic acids is 1. The Morgan fingerprint density at radius 1 is 0.949 bits per heavy atom. The quantitative estimate of drug-likeness (QED) is 0.454. The van der Waals surface area contributed by atoms with Gasteiger partial charge in [-0.1, -0.05) is 24.0 Å². The average Bonchev–Trinajstić information content (AvgIpc) is 2.99. The van der Waals surface area contributed by atoms with Crippen molar-refractivity contribution in [1.82, 2.24) is 14.9 Å². The van der Waals surface area contributed by atoms with Crippen LogP contribution in [0.1, 0.15) is 27.0 Å². The van der Waals surface area contributed by atoms with Gasteiger partial charge >= 0.3 is 0 Å². The maximum atomic E-state index is 13.0. The monoisotopic (exact) mass is 526 g/mol. The van der Waals surface area contributed by atoms with E-state index in [0.29, 0.717) is 30.4 Å². The zero-order valence-electron chi connectivity index (χ0n) is 22.3. The fraction of sp³-hybridized carbons (Fsp3) is 0.367. The van der Waals surface area contributed by atoms with Gasteiger partial charge in [0.2, 0.25) is 5.95 Å². The molecule has 0 spiro atoms. The van der Waals surface area contributed by atoms with Crippen molar-refractivity contribution >= 4 is 23.2 Å². The van der Waals surface area contributed by atoms with E-state index in [1.165, 1.54) is 0 Å². The van der Waals surface area contributed by atoms with E-state index in [2.05, 4.69) is 42.2 Å². The van der Waals surface area contributed by atoms with Gasteiger partial charge in [-0.05, 0) is 42.8 Å². The lowest BCUT2D eigenvalue weighted by Gasteiger charge is -2.29. The van der Waals surface area contributed by atoms with Crippen LogP contribution in [-0.2, 0) is 9.47 Å². The van der Waals surface area contributed by atoms with E-state index in [0.717, 1.165) is 74.9 Å². The molecule has 9 heteroatoms. The van der Waals surface area contributed by atoms with Gasteiger partial charge in [-0.15, -0.1) is 0 Å². The van der Waals surface area contributed by atoms with Gasteiger partial charge in [0.05, 0.1) is 32.0 Å². The van der Waals surface area contributed by atoms with Crippen molar-refractivity contribution in [2.75, 3.05) is 81.2 Å². The standard InChI is InChI=1S/C30H34N6O3/c1-23-5-8-27(34-29(37)26-3-2-4-28(20-26)36-13-17-39-18-14-36)19-25(23)7-6-24-21-32-30(33-22-24)31-9-10-35-11-15-38-16-12-35/h2-5,8,19-22H,9-18H2,1H3,(H,34,37)(H,31,32,33). The van der Waals surface area contributed by atoms with Gasteiger partial charge in [-0.3, -0.25) is 9.69 Å². The summed E-state index contributed by atoms with van der Waals surface area (Å²) in [6, 6.07) is 13.4. The van der Waals surface area contributed by atoms with E-state index in [4.69, 9.17) is 9.47 Å². The molecule has 0 atom stereocenters. The summed E-state index contributed by atoms with van der Waals surface area (Å²) in [5, 5.41) is 6.27. The molecule has 2 aliphatic heterocycles. The fourth-order valence-electron chi connectivity index (χ4n) is 4.48. The highest BCUT2D eigenvalue weighted by Gasteiger charge is 2.14. The number of anilines is 3. The molecule has 9 nitrogen and oxygen atoms in total. The van der Waals surface area contributed by atoms with Crippen LogP contribution in [0.3, 0.4) is 0 Å². The number of hydrogen-bond donors (Lipinski definition) is 2. The molecule has 0 unspecified atom stereocenters. The van der Waals surface area contributed by atoms with Crippen LogP contribution in [0.4, 0.5) is 17.3 Å². The molecule has 3 aromatic rings. The third kappa shape index (κ3) is 7.54. The van der Waals surface area contributed by atoms with Crippen molar-refractivity contribution in [3.05, 3.63) is 77.1 Å². The number of morpholine rings is 2. The molecule has 202 valence electrons. The van der Waals surface area contributed by atoms with Crippen LogP contribution < -0.4 is 15.5 Å². The summed E-state index contributed by atoms with van der Waals surface area (Å²) in [6.45, 7) is 10.3. The second-order valence-corrected chi connectivity index (χ2v) is 9.56. The first-order valence-corrected chi connectivity index (χ1v) is 13.4. The van der Waals surface area contributed by atoms with Crippen LogP contribution in [0.15, 0.2) is 54.9 Å². The fourth-order valence-corrected chi connectivity index (χ4v) is 4.48. The summed E-state index contributed by atoms with van der Waals surface area (Å²) >= 11 is 0. The van der Waals surface area contributed by atoms with Gasteiger partial charge in [0.25, 0.3) is 5.91 Å². The van der Waals surface area contributed by atoms with Crippen molar-refractivity contribution in [1.29, 1.82) is 0 Å². The number of aryl methyl sites for hydroxylation is 1. The number of carbonyl (C=O) groups is 1. The molecule has 0 aliphatic carbocycles. The Morgan fingerprint density at radius 2 is 1.69 bits per heavy atom. The third-order valence-electron chi connectivity index (χ3n) is 6.79. The zero-order chi connectivity index (χ0) is 26.9. The van der Waals surface area contributed by atoms with Crippen molar-refractivity contribution in [3.63, 3.8) is 0 Å². The Hall–Kier alpha value is -3.97. The van der Waals surface area contributed by atoms with Crippen LogP contribution in [0.2, 0.25) is 0 Å². The number of aromatic nitrogens is 2. The topological polar surface area (TPSA) is 91.9 Å². The van der Waals surface area contributed by atoms with Crippen LogP contribution in [0.5, 0.6) is 0 Å². The SMILES string of the molecule is Cc1ccc(NC(=O)c2cccc(N3CCOCC3)c2)cc1C#Cc1cnc(NCCN2CCOCC2)nc1. The van der Waals surface area contributed by atoms with Gasteiger partial charge in [-0.2, -0.15) is 0 Å². The van der Waals surface area contributed by atoms with E-state index < -0.39 is 0 Å². The third-order valence-corrected chi connectivity index (χ3v) is 6.79. The predicted molar refractivity (Wildman–Crippen MR) is 152 cm³/mol. The highest BCUT2D eigenvalue weighted by atomic mass is 16.5. The summed E-state index contributed by atoms with van der Waals surface area (Å²) in [5.74, 6) is 6.78. The Labute approximate surface area is 229 Å². The van der Waals surface area contributed by atoms with E-state index >= 15 is 0 Å². The van der Waals surface area contributed by atoms with Crippen molar-refractivity contribution < 1.29 is 14.3 Å². The molecule has 0 radical (unpaired) electrons. The molecule has 2 N–H and O–H groups in total. The molecule has 0 bridgehead atoms. The highest BCUT2D eigenvalue weighted by molar-refractivity contribution is 6.05. The predicted octanol–water partition coefficient (Wildman–Crippen LogP) is 3.02. The number of rotatable bonds is 7. The smallest absolute Gasteiger partial charge is 0.255 e. The van der Waals surface area contributed by atoms with Gasteiger partial charge in [0.15, 0.2) is 0 Å². The second kappa shape index (κ2) is 13.2. The number of nitrogens with one attached hydrogen (secondary N) is 2. The van der Waals surface area contributed by atoms with Crippen LogP contribution >= 0.6 is 0 Å². The molecule has 2 fully saturated rings. The molecular weight excluding hydrogens is 492 g/mol. The lowest BCUT2D eigenvalue weighted by atomic mass is 10.1. The van der Waals surface area contributed by atoms with Crippen molar-refractivity contribution in [2.45, 2.75) is 6.92 Å². The number of nitrogens with zero attached hydrogens (tertiary/aromatic N) is 4. The minimum absolute atomic E-state index is 0.155. The first kappa shape index (κ1) is 26.6. The Morgan fingerprint density at radius 3 is 2.46 bits per heavy atom. The Bertz CT molecular complexity index is 1320. The molecule has 39 heavy (non-hydrogen) atoms.